The molecule has 2 rings (SSSR count). The summed E-state index contributed by atoms with van der Waals surface area (Å²) in [7, 11) is 0. The van der Waals surface area contributed by atoms with Crippen LogP contribution in [0.3, 0.4) is 0 Å². The van der Waals surface area contributed by atoms with Crippen molar-refractivity contribution in [2.45, 2.75) is 13.3 Å². The highest BCUT2D eigenvalue weighted by Gasteiger charge is 2.14. The number of benzene rings is 1. The van der Waals surface area contributed by atoms with Crippen molar-refractivity contribution in [3.05, 3.63) is 40.9 Å². The van der Waals surface area contributed by atoms with Crippen molar-refractivity contribution in [1.82, 2.24) is 10.3 Å². The maximum absolute atomic E-state index is 11.9. The second-order valence-electron chi connectivity index (χ2n) is 4.65. The number of hydrogen-bond donors (Lipinski definition) is 1. The number of rotatable bonds is 6. The van der Waals surface area contributed by atoms with Crippen LogP contribution in [0.1, 0.15) is 23.0 Å². The number of hydrogen-bond acceptors (Lipinski definition) is 5. The van der Waals surface area contributed by atoms with Gasteiger partial charge in [-0.05, 0) is 12.0 Å². The summed E-state index contributed by atoms with van der Waals surface area (Å²) in [4.78, 5) is 27.4. The molecular weight excluding hydrogens is 312 g/mol. The summed E-state index contributed by atoms with van der Waals surface area (Å²) in [5, 5.41) is 4.76. The van der Waals surface area contributed by atoms with Crippen molar-refractivity contribution in [2.75, 3.05) is 13.2 Å². The first-order valence-corrected chi connectivity index (χ1v) is 7.94. The van der Waals surface area contributed by atoms with E-state index in [4.69, 9.17) is 11.2 Å². The zero-order valence-electron chi connectivity index (χ0n) is 12.7. The monoisotopic (exact) mass is 328 g/mol. The van der Waals surface area contributed by atoms with Gasteiger partial charge in [0.15, 0.2) is 12.3 Å². The first-order chi connectivity index (χ1) is 11.1. The summed E-state index contributed by atoms with van der Waals surface area (Å²) in [6.07, 6.45) is 5.99. The number of esters is 1. The van der Waals surface area contributed by atoms with E-state index in [2.05, 4.69) is 23.1 Å². The molecule has 1 aromatic carbocycles. The number of carbonyl (C=O) groups is 2. The third-order valence-corrected chi connectivity index (χ3v) is 3.94. The number of nitrogens with zero attached hydrogens (tertiary/aromatic N) is 1. The molecule has 0 atom stereocenters. The third-order valence-electron chi connectivity index (χ3n) is 3.04. The van der Waals surface area contributed by atoms with Gasteiger partial charge in [-0.2, -0.15) is 0 Å². The van der Waals surface area contributed by atoms with Crippen LogP contribution in [-0.2, 0) is 16.0 Å². The van der Waals surface area contributed by atoms with Crippen molar-refractivity contribution in [2.24, 2.45) is 0 Å². The highest BCUT2D eigenvalue weighted by atomic mass is 32.1. The molecule has 2 aromatic rings. The maximum atomic E-state index is 11.9. The van der Waals surface area contributed by atoms with E-state index >= 15 is 0 Å². The van der Waals surface area contributed by atoms with Gasteiger partial charge in [0.05, 0.1) is 6.54 Å². The minimum Gasteiger partial charge on any atom is -0.451 e. The molecule has 0 aliphatic rings. The number of terminal acetylenes is 1. The van der Waals surface area contributed by atoms with Gasteiger partial charge in [0.25, 0.3) is 5.91 Å². The van der Waals surface area contributed by atoms with Crippen LogP contribution in [0.15, 0.2) is 29.6 Å². The van der Waals surface area contributed by atoms with Crippen molar-refractivity contribution in [3.63, 3.8) is 0 Å². The molecule has 0 bridgehead atoms. The van der Waals surface area contributed by atoms with Crippen LogP contribution < -0.4 is 5.32 Å². The fourth-order valence-electron chi connectivity index (χ4n) is 1.79. The summed E-state index contributed by atoms with van der Waals surface area (Å²) < 4.78 is 4.90. The van der Waals surface area contributed by atoms with Crippen LogP contribution in [-0.4, -0.2) is 30.0 Å². The molecule has 5 nitrogen and oxygen atoms in total. The molecule has 0 radical (unpaired) electrons. The number of thiazole rings is 1. The molecule has 6 heteroatoms. The fraction of sp³-hybridized carbons (Fsp3) is 0.235. The second-order valence-corrected chi connectivity index (χ2v) is 5.50. The maximum Gasteiger partial charge on any atom is 0.358 e. The predicted octanol–water partition coefficient (Wildman–Crippen LogP) is 2.28. The normalized spacial score (nSPS) is 9.91. The first-order valence-electron chi connectivity index (χ1n) is 7.06. The Hall–Kier alpha value is -2.65. The fourth-order valence-corrected chi connectivity index (χ4v) is 2.58. The Balaban J connectivity index is 1.96. The SMILES string of the molecule is C#CCNC(=O)COC(=O)c1csc(-c2ccc(CC)cc2)n1. The first kappa shape index (κ1) is 16.7. The van der Waals surface area contributed by atoms with Crippen LogP contribution in [0.25, 0.3) is 10.6 Å². The Bertz CT molecular complexity index is 729. The van der Waals surface area contributed by atoms with Gasteiger partial charge in [0, 0.05) is 10.9 Å². The Morgan fingerprint density at radius 1 is 1.35 bits per heavy atom. The average molecular weight is 328 g/mol. The van der Waals surface area contributed by atoms with Crippen LogP contribution in [0.2, 0.25) is 0 Å². The zero-order valence-corrected chi connectivity index (χ0v) is 13.5. The third kappa shape index (κ3) is 4.66. The molecule has 0 aliphatic heterocycles. The Kier molecular flexibility index (Phi) is 5.89. The topological polar surface area (TPSA) is 68.3 Å². The van der Waals surface area contributed by atoms with Gasteiger partial charge in [-0.25, -0.2) is 9.78 Å². The van der Waals surface area contributed by atoms with E-state index in [-0.39, 0.29) is 18.8 Å². The molecule has 0 fully saturated rings. The van der Waals surface area contributed by atoms with E-state index in [0.717, 1.165) is 17.0 Å². The highest BCUT2D eigenvalue weighted by molar-refractivity contribution is 7.13. The van der Waals surface area contributed by atoms with Crippen LogP contribution in [0.4, 0.5) is 0 Å². The number of carbonyl (C=O) groups excluding carboxylic acids is 2. The molecule has 1 N–H and O–H groups in total. The zero-order chi connectivity index (χ0) is 16.7. The lowest BCUT2D eigenvalue weighted by Crippen LogP contribution is -2.29. The Labute approximate surface area is 138 Å². The number of ether oxygens (including phenoxy) is 1. The molecule has 23 heavy (non-hydrogen) atoms. The van der Waals surface area contributed by atoms with Gasteiger partial charge in [-0.3, -0.25) is 4.79 Å². The predicted molar refractivity (Wildman–Crippen MR) is 89.1 cm³/mol. The molecule has 118 valence electrons. The van der Waals surface area contributed by atoms with Crippen molar-refractivity contribution < 1.29 is 14.3 Å². The largest absolute Gasteiger partial charge is 0.451 e. The Morgan fingerprint density at radius 2 is 2.09 bits per heavy atom. The molecule has 1 amide bonds. The molecule has 0 saturated heterocycles. The molecule has 1 aromatic heterocycles. The highest BCUT2D eigenvalue weighted by Crippen LogP contribution is 2.24. The van der Waals surface area contributed by atoms with E-state index in [1.807, 2.05) is 24.3 Å². The van der Waals surface area contributed by atoms with E-state index < -0.39 is 11.9 Å². The molecule has 0 unspecified atom stereocenters. The van der Waals surface area contributed by atoms with Gasteiger partial charge in [0.2, 0.25) is 0 Å². The number of amides is 1. The van der Waals surface area contributed by atoms with Gasteiger partial charge >= 0.3 is 5.97 Å². The average Bonchev–Trinajstić information content (AvgIpc) is 3.08. The molecule has 1 heterocycles. The second kappa shape index (κ2) is 8.11. The summed E-state index contributed by atoms with van der Waals surface area (Å²) in [6.45, 7) is 1.82. The summed E-state index contributed by atoms with van der Waals surface area (Å²) >= 11 is 1.35. The van der Waals surface area contributed by atoms with Crippen molar-refractivity contribution >= 4 is 23.2 Å². The summed E-state index contributed by atoms with van der Waals surface area (Å²) in [6, 6.07) is 8.01. The number of aryl methyl sites for hydroxylation is 1. The van der Waals surface area contributed by atoms with Gasteiger partial charge in [-0.1, -0.05) is 37.1 Å². The van der Waals surface area contributed by atoms with Gasteiger partial charge in [0.1, 0.15) is 5.01 Å². The molecular formula is C17H16N2O3S. The summed E-state index contributed by atoms with van der Waals surface area (Å²) in [5.74, 6) is 1.19. The quantitative estimate of drug-likeness (QED) is 0.652. The lowest BCUT2D eigenvalue weighted by molar-refractivity contribution is -0.123. The van der Waals surface area contributed by atoms with Gasteiger partial charge < -0.3 is 10.1 Å². The van der Waals surface area contributed by atoms with E-state index in [1.54, 1.807) is 5.38 Å². The van der Waals surface area contributed by atoms with Crippen molar-refractivity contribution in [3.8, 4) is 22.9 Å². The van der Waals surface area contributed by atoms with E-state index in [1.165, 1.54) is 16.9 Å². The lowest BCUT2D eigenvalue weighted by atomic mass is 10.1. The van der Waals surface area contributed by atoms with Crippen LogP contribution >= 0.6 is 11.3 Å². The van der Waals surface area contributed by atoms with E-state index in [9.17, 15) is 9.59 Å². The van der Waals surface area contributed by atoms with Crippen LogP contribution in [0.5, 0.6) is 0 Å². The van der Waals surface area contributed by atoms with E-state index in [0.29, 0.717) is 0 Å². The summed E-state index contributed by atoms with van der Waals surface area (Å²) in [5.41, 5.74) is 2.37. The van der Waals surface area contributed by atoms with Crippen LogP contribution in [0, 0.1) is 12.3 Å². The van der Waals surface area contributed by atoms with Crippen molar-refractivity contribution in [1.29, 1.82) is 0 Å². The lowest BCUT2D eigenvalue weighted by Gasteiger charge is -2.02. The molecule has 0 saturated carbocycles. The number of aromatic nitrogens is 1. The van der Waals surface area contributed by atoms with Gasteiger partial charge in [-0.15, -0.1) is 17.8 Å². The number of nitrogens with one attached hydrogen (secondary N) is 1. The smallest absolute Gasteiger partial charge is 0.358 e. The Morgan fingerprint density at radius 3 is 2.74 bits per heavy atom. The standard InChI is InChI=1S/C17H16N2O3S/c1-3-9-18-15(20)10-22-17(21)14-11-23-16(19-14)13-7-5-12(4-2)6-8-13/h1,5-8,11H,4,9-10H2,2H3,(H,18,20). The molecule has 0 spiro atoms. The molecule has 0 aliphatic carbocycles. The minimum absolute atomic E-state index is 0.102. The minimum atomic E-state index is -0.631.